The van der Waals surface area contributed by atoms with Crippen LogP contribution in [0.4, 0.5) is 5.82 Å². The minimum Gasteiger partial charge on any atom is -0.493 e. The molecule has 3 aromatic rings. The number of pyridine rings is 1. The molecule has 9 heteroatoms. The van der Waals surface area contributed by atoms with Crippen LogP contribution in [0.2, 0.25) is 0 Å². The van der Waals surface area contributed by atoms with E-state index in [9.17, 15) is 4.79 Å². The fraction of sp³-hybridized carbons (Fsp3) is 0.400. The first-order valence-electron chi connectivity index (χ1n) is 9.57. The zero-order chi connectivity index (χ0) is 20.4. The van der Waals surface area contributed by atoms with Gasteiger partial charge in [0.25, 0.3) is 5.91 Å². The number of ether oxygens (including phenoxy) is 1. The summed E-state index contributed by atoms with van der Waals surface area (Å²) in [6, 6.07) is 5.94. The Hall–Kier alpha value is -2.94. The van der Waals surface area contributed by atoms with Crippen molar-refractivity contribution in [1.29, 1.82) is 0 Å². The number of hydrogen-bond acceptors (Lipinski definition) is 7. The molecule has 3 aromatic heterocycles. The second kappa shape index (κ2) is 8.20. The van der Waals surface area contributed by atoms with E-state index in [1.54, 1.807) is 25.7 Å². The van der Waals surface area contributed by atoms with Crippen molar-refractivity contribution in [2.24, 2.45) is 0 Å². The third kappa shape index (κ3) is 3.69. The van der Waals surface area contributed by atoms with Gasteiger partial charge in [-0.05, 0) is 43.3 Å². The topological polar surface area (TPSA) is 76.4 Å². The molecule has 2 atom stereocenters. The molecular formula is C20H24N6O2S. The lowest BCUT2D eigenvalue weighted by atomic mass is 9.97. The monoisotopic (exact) mass is 412 g/mol. The van der Waals surface area contributed by atoms with Crippen molar-refractivity contribution in [2.75, 3.05) is 25.6 Å². The van der Waals surface area contributed by atoms with E-state index in [4.69, 9.17) is 4.74 Å². The van der Waals surface area contributed by atoms with E-state index in [0.717, 1.165) is 29.4 Å². The van der Waals surface area contributed by atoms with Gasteiger partial charge >= 0.3 is 0 Å². The normalized spacial score (nSPS) is 19.2. The van der Waals surface area contributed by atoms with E-state index in [1.807, 2.05) is 35.5 Å². The Morgan fingerprint density at radius 2 is 2.03 bits per heavy atom. The first-order valence-corrected chi connectivity index (χ1v) is 10.4. The van der Waals surface area contributed by atoms with E-state index < -0.39 is 0 Å². The van der Waals surface area contributed by atoms with Crippen LogP contribution in [0.25, 0.3) is 5.00 Å². The summed E-state index contributed by atoms with van der Waals surface area (Å²) < 4.78 is 5.47. The van der Waals surface area contributed by atoms with E-state index in [2.05, 4.69) is 27.0 Å². The molecule has 0 aromatic carbocycles. The molecule has 0 bridgehead atoms. The molecule has 0 aliphatic carbocycles. The van der Waals surface area contributed by atoms with Crippen LogP contribution in [-0.2, 0) is 0 Å². The second-order valence-electron chi connectivity index (χ2n) is 7.14. The molecule has 8 nitrogen and oxygen atoms in total. The lowest BCUT2D eigenvalue weighted by molar-refractivity contribution is 0.0610. The van der Waals surface area contributed by atoms with E-state index in [1.165, 1.54) is 16.1 Å². The molecule has 29 heavy (non-hydrogen) atoms. The minimum atomic E-state index is 0.0112. The van der Waals surface area contributed by atoms with E-state index in [-0.39, 0.29) is 18.0 Å². The third-order valence-electron chi connectivity index (χ3n) is 5.45. The molecule has 1 fully saturated rings. The van der Waals surface area contributed by atoms with Crippen LogP contribution in [-0.4, -0.2) is 63.6 Å². The van der Waals surface area contributed by atoms with Crippen molar-refractivity contribution in [3.8, 4) is 10.8 Å². The Labute approximate surface area is 173 Å². The number of nitrogens with zero attached hydrogens (tertiary/aromatic N) is 6. The number of anilines is 1. The number of carbonyl (C=O) groups is 1. The average molecular weight is 413 g/mol. The maximum absolute atomic E-state index is 13.4. The Balaban J connectivity index is 1.57. The predicted octanol–water partition coefficient (Wildman–Crippen LogP) is 2.86. The van der Waals surface area contributed by atoms with Gasteiger partial charge in [-0.25, -0.2) is 4.98 Å². The molecule has 1 aliphatic rings. The minimum absolute atomic E-state index is 0.0112. The fourth-order valence-corrected chi connectivity index (χ4v) is 4.56. The zero-order valence-corrected chi connectivity index (χ0v) is 17.5. The van der Waals surface area contributed by atoms with Gasteiger partial charge in [-0.1, -0.05) is 0 Å². The smallest absolute Gasteiger partial charge is 0.257 e. The standard InChI is InChI=1S/C20H24N6O2S/c1-14-6-7-15(24(2)18-17(28-3)5-4-9-21-18)13-25(14)19(27)16-8-12-29-20(16)26-22-10-11-23-26/h4-5,8-12,14-15H,6-7,13H2,1-3H3/t14-,15-/m1/s1. The number of aromatic nitrogens is 4. The largest absolute Gasteiger partial charge is 0.493 e. The lowest BCUT2D eigenvalue weighted by Gasteiger charge is -2.42. The van der Waals surface area contributed by atoms with Crippen LogP contribution in [0.5, 0.6) is 5.75 Å². The van der Waals surface area contributed by atoms with Gasteiger partial charge < -0.3 is 14.5 Å². The highest BCUT2D eigenvalue weighted by molar-refractivity contribution is 7.12. The lowest BCUT2D eigenvalue weighted by Crippen LogP contribution is -2.52. The first kappa shape index (κ1) is 19.4. The number of methoxy groups -OCH3 is 1. The summed E-state index contributed by atoms with van der Waals surface area (Å²) in [4.78, 5) is 23.5. The summed E-state index contributed by atoms with van der Waals surface area (Å²) in [6.45, 7) is 2.73. The van der Waals surface area contributed by atoms with Gasteiger partial charge in [-0.15, -0.1) is 16.1 Å². The maximum Gasteiger partial charge on any atom is 0.257 e. The SMILES string of the molecule is COc1cccnc1N(C)[C@@H]1CC[C@@H](C)N(C(=O)c2ccsc2-n2nccn2)C1. The van der Waals surface area contributed by atoms with Gasteiger partial charge in [-0.3, -0.25) is 4.79 Å². The summed E-state index contributed by atoms with van der Waals surface area (Å²) in [5.74, 6) is 1.53. The van der Waals surface area contributed by atoms with Crippen LogP contribution in [0.3, 0.4) is 0 Å². The molecule has 0 N–H and O–H groups in total. The molecule has 4 rings (SSSR count). The highest BCUT2D eigenvalue weighted by Gasteiger charge is 2.34. The quantitative estimate of drug-likeness (QED) is 0.641. The fourth-order valence-electron chi connectivity index (χ4n) is 3.76. The maximum atomic E-state index is 13.4. The van der Waals surface area contributed by atoms with Crippen molar-refractivity contribution >= 4 is 23.1 Å². The number of thiophene rings is 1. The first-order chi connectivity index (χ1) is 14.1. The number of hydrogen-bond donors (Lipinski definition) is 0. The number of rotatable bonds is 5. The van der Waals surface area contributed by atoms with Crippen LogP contribution in [0.1, 0.15) is 30.1 Å². The number of amides is 1. The molecule has 152 valence electrons. The van der Waals surface area contributed by atoms with E-state index in [0.29, 0.717) is 12.1 Å². The highest BCUT2D eigenvalue weighted by Crippen LogP contribution is 2.31. The molecule has 1 aliphatic heterocycles. The van der Waals surface area contributed by atoms with Crippen molar-refractivity contribution in [2.45, 2.75) is 31.8 Å². The number of likely N-dealkylation sites (N-methyl/N-ethyl adjacent to an activating group) is 1. The predicted molar refractivity (Wildman–Crippen MR) is 112 cm³/mol. The van der Waals surface area contributed by atoms with Gasteiger partial charge in [-0.2, -0.15) is 10.2 Å². The van der Waals surface area contributed by atoms with Crippen molar-refractivity contribution in [3.63, 3.8) is 0 Å². The van der Waals surface area contributed by atoms with Crippen LogP contribution in [0.15, 0.2) is 42.2 Å². The van der Waals surface area contributed by atoms with Crippen LogP contribution < -0.4 is 9.64 Å². The van der Waals surface area contributed by atoms with Gasteiger partial charge in [0.15, 0.2) is 16.6 Å². The second-order valence-corrected chi connectivity index (χ2v) is 8.03. The Bertz CT molecular complexity index is 973. The third-order valence-corrected chi connectivity index (χ3v) is 6.32. The summed E-state index contributed by atoms with van der Waals surface area (Å²) in [5, 5.41) is 11.0. The molecule has 0 spiro atoms. The van der Waals surface area contributed by atoms with Crippen molar-refractivity contribution < 1.29 is 9.53 Å². The Morgan fingerprint density at radius 1 is 1.24 bits per heavy atom. The molecule has 0 unspecified atom stereocenters. The summed E-state index contributed by atoms with van der Waals surface area (Å²) >= 11 is 1.46. The summed E-state index contributed by atoms with van der Waals surface area (Å²) in [6.07, 6.45) is 6.90. The zero-order valence-electron chi connectivity index (χ0n) is 16.7. The number of likely N-dealkylation sites (tertiary alicyclic amines) is 1. The van der Waals surface area contributed by atoms with Gasteiger partial charge in [0.05, 0.1) is 25.1 Å². The van der Waals surface area contributed by atoms with Gasteiger partial charge in [0, 0.05) is 31.9 Å². The molecule has 0 radical (unpaired) electrons. The Kier molecular flexibility index (Phi) is 5.48. The van der Waals surface area contributed by atoms with Crippen LogP contribution in [0, 0.1) is 0 Å². The van der Waals surface area contributed by atoms with Gasteiger partial charge in [0.2, 0.25) is 0 Å². The number of piperidine rings is 1. The highest BCUT2D eigenvalue weighted by atomic mass is 32.1. The molecule has 4 heterocycles. The van der Waals surface area contributed by atoms with Gasteiger partial charge in [0.1, 0.15) is 0 Å². The molecular weight excluding hydrogens is 388 g/mol. The average Bonchev–Trinajstić information content (AvgIpc) is 3.44. The Morgan fingerprint density at radius 3 is 2.79 bits per heavy atom. The summed E-state index contributed by atoms with van der Waals surface area (Å²) in [5.41, 5.74) is 0.636. The van der Waals surface area contributed by atoms with Crippen LogP contribution >= 0.6 is 11.3 Å². The van der Waals surface area contributed by atoms with Crippen molar-refractivity contribution in [3.05, 3.63) is 47.7 Å². The number of carbonyl (C=O) groups excluding carboxylic acids is 1. The molecule has 1 saturated heterocycles. The molecule has 1 amide bonds. The molecule has 0 saturated carbocycles. The van der Waals surface area contributed by atoms with Crippen molar-refractivity contribution in [1.82, 2.24) is 24.9 Å². The van der Waals surface area contributed by atoms with E-state index >= 15 is 0 Å². The summed E-state index contributed by atoms with van der Waals surface area (Å²) in [7, 11) is 3.66.